The fourth-order valence-electron chi connectivity index (χ4n) is 0.150. The smallest absolute Gasteiger partial charge is 0.808 e. The van der Waals surface area contributed by atoms with Gasteiger partial charge in [0.15, 0.2) is 3.82 Å². The first-order valence-corrected chi connectivity index (χ1v) is 5.76. The third-order valence-corrected chi connectivity index (χ3v) is 5.93. The van der Waals surface area contributed by atoms with Crippen LogP contribution in [0, 0.1) is 0 Å². The third-order valence-electron chi connectivity index (χ3n) is 0.659. The first kappa shape index (κ1) is 16.0. The zero-order chi connectivity index (χ0) is 9.50. The van der Waals surface area contributed by atoms with E-state index in [1.165, 1.54) is 0 Å². The van der Waals surface area contributed by atoms with Gasteiger partial charge in [0.25, 0.3) is 0 Å². The van der Waals surface area contributed by atoms with Gasteiger partial charge in [-0.1, -0.05) is 23.2 Å². The summed E-state index contributed by atoms with van der Waals surface area (Å²) in [5, 5.41) is 0. The van der Waals surface area contributed by atoms with Gasteiger partial charge >= 0.3 is 21.1 Å². The third kappa shape index (κ3) is 3.37. The van der Waals surface area contributed by atoms with E-state index in [1.807, 2.05) is 0 Å². The van der Waals surface area contributed by atoms with Crippen molar-refractivity contribution in [3.63, 3.8) is 0 Å². The number of hydrogen-bond acceptors (Lipinski definition) is 6. The van der Waals surface area contributed by atoms with Crippen LogP contribution < -0.4 is 19.6 Å². The molecule has 0 aliphatic carbocycles. The Morgan fingerprint density at radius 1 is 0.917 bits per heavy atom. The molecule has 12 heavy (non-hydrogen) atoms. The summed E-state index contributed by atoms with van der Waals surface area (Å²) in [5.41, 5.74) is 0. The molecule has 0 fully saturated rings. The number of rotatable bonds is 2. The Balaban J connectivity index is 0. The minimum Gasteiger partial charge on any atom is -0.808 e. The average Bonchev–Trinajstić information content (AvgIpc) is 1.58. The molecule has 0 saturated carbocycles. The average molecular weight is 436 g/mol. The fraction of sp³-hybridized carbons (Fsp3) is 1.00. The zero-order valence-corrected chi connectivity index (χ0v) is 10.5. The molecule has 0 saturated heterocycles. The minimum atomic E-state index is -5.85. The van der Waals surface area contributed by atoms with E-state index < -0.39 is 19.0 Å². The van der Waals surface area contributed by atoms with Crippen molar-refractivity contribution in [3.8, 4) is 0 Å². The van der Waals surface area contributed by atoms with E-state index in [0.717, 1.165) is 0 Å². The molecular formula is CCl2O6P2Pt. The molecule has 0 amide bonds. The van der Waals surface area contributed by atoms with Gasteiger partial charge in [-0.3, -0.25) is 0 Å². The molecule has 0 aliphatic heterocycles. The van der Waals surface area contributed by atoms with Gasteiger partial charge in [0.05, 0.1) is 0 Å². The second kappa shape index (κ2) is 4.39. The van der Waals surface area contributed by atoms with Crippen LogP contribution in [0.3, 0.4) is 0 Å². The molecule has 0 unspecified atom stereocenters. The molecule has 11 heteroatoms. The number of alkyl halides is 2. The predicted molar refractivity (Wildman–Crippen MR) is 29.7 cm³/mol. The summed E-state index contributed by atoms with van der Waals surface area (Å²) < 4.78 is 16.1. The quantitative estimate of drug-likeness (QED) is 0.361. The van der Waals surface area contributed by atoms with E-state index in [1.54, 1.807) is 0 Å². The molecule has 74 valence electrons. The summed E-state index contributed by atoms with van der Waals surface area (Å²) in [7, 11) is -11.7. The summed E-state index contributed by atoms with van der Waals surface area (Å²) in [6, 6.07) is 0. The van der Waals surface area contributed by atoms with Crippen molar-refractivity contribution in [2.24, 2.45) is 0 Å². The van der Waals surface area contributed by atoms with Gasteiger partial charge in [-0.25, -0.2) is 0 Å². The van der Waals surface area contributed by atoms with Crippen LogP contribution in [0.2, 0.25) is 0 Å². The Kier molecular flexibility index (Phi) is 5.86. The molecule has 0 aliphatic rings. The van der Waals surface area contributed by atoms with E-state index in [-0.39, 0.29) is 21.1 Å². The van der Waals surface area contributed by atoms with Gasteiger partial charge in [-0.05, 0) is 15.2 Å². The maximum absolute atomic E-state index is 9.94. The van der Waals surface area contributed by atoms with Gasteiger partial charge in [-0.2, -0.15) is 0 Å². The van der Waals surface area contributed by atoms with Crippen LogP contribution in [0.5, 0.6) is 0 Å². The van der Waals surface area contributed by atoms with Crippen LogP contribution in [0.1, 0.15) is 0 Å². The summed E-state index contributed by atoms with van der Waals surface area (Å²) >= 11 is 8.96. The molecule has 0 N–H and O–H groups in total. The second-order valence-electron chi connectivity index (χ2n) is 1.50. The van der Waals surface area contributed by atoms with Crippen molar-refractivity contribution in [2.45, 2.75) is 3.82 Å². The van der Waals surface area contributed by atoms with Crippen LogP contribution in [0.15, 0.2) is 0 Å². The summed E-state index contributed by atoms with van der Waals surface area (Å²) in [6.45, 7) is 0. The zero-order valence-electron chi connectivity index (χ0n) is 4.92. The van der Waals surface area contributed by atoms with E-state index >= 15 is 0 Å². The number of halogens is 2. The monoisotopic (exact) mass is 435 g/mol. The molecule has 0 aromatic rings. The van der Waals surface area contributed by atoms with Crippen molar-refractivity contribution in [1.29, 1.82) is 0 Å². The minimum absolute atomic E-state index is 0. The van der Waals surface area contributed by atoms with E-state index in [9.17, 15) is 28.7 Å². The van der Waals surface area contributed by atoms with Gasteiger partial charge in [0.2, 0.25) is 0 Å². The first-order chi connectivity index (χ1) is 4.50. The first-order valence-electron chi connectivity index (χ1n) is 1.92. The molecule has 0 aromatic heterocycles. The number of hydrogen-bond donors (Lipinski definition) is 0. The maximum atomic E-state index is 9.94. The van der Waals surface area contributed by atoms with Crippen LogP contribution in [-0.2, 0) is 30.2 Å². The van der Waals surface area contributed by atoms with Gasteiger partial charge in [-0.15, -0.1) is 0 Å². The van der Waals surface area contributed by atoms with E-state index in [2.05, 4.69) is 23.2 Å². The second-order valence-corrected chi connectivity index (χ2v) is 7.57. The van der Waals surface area contributed by atoms with Gasteiger partial charge in [0, 0.05) is 0 Å². The molecule has 0 aromatic carbocycles. The Hall–Kier alpha value is 1.57. The fourth-order valence-corrected chi connectivity index (χ4v) is 1.35. The molecule has 0 rings (SSSR count). The largest absolute Gasteiger partial charge is 4.00 e. The van der Waals surface area contributed by atoms with E-state index in [0.29, 0.717) is 0 Å². The Bertz CT molecular complexity index is 216. The SMILES string of the molecule is O=P([O-])([O-])C(Cl)(Cl)P(=O)([O-])[O-].[Pt+4]. The standard InChI is InChI=1S/CH4Cl2O6P2.Pt/c2-1(3,10(4,5)6)11(7,8)9;/h(H2,4,5,6)(H2,7,8,9);/q;+4/p-4. The molecule has 0 atom stereocenters. The molecule has 0 radical (unpaired) electrons. The summed E-state index contributed by atoms with van der Waals surface area (Å²) in [6.07, 6.45) is 0. The van der Waals surface area contributed by atoms with Crippen molar-refractivity contribution < 1.29 is 49.8 Å². The predicted octanol–water partition coefficient (Wildman–Crippen LogP) is -2.10. The van der Waals surface area contributed by atoms with Crippen LogP contribution >= 0.6 is 38.4 Å². The molecule has 6 nitrogen and oxygen atoms in total. The van der Waals surface area contributed by atoms with Crippen molar-refractivity contribution in [2.75, 3.05) is 0 Å². The Labute approximate surface area is 91.8 Å². The molecular weight excluding hydrogens is 436 g/mol. The van der Waals surface area contributed by atoms with Crippen molar-refractivity contribution in [1.82, 2.24) is 0 Å². The van der Waals surface area contributed by atoms with Gasteiger partial charge in [0.1, 0.15) is 0 Å². The topological polar surface area (TPSA) is 126 Å². The molecule has 0 spiro atoms. The van der Waals surface area contributed by atoms with Gasteiger partial charge < -0.3 is 28.7 Å². The van der Waals surface area contributed by atoms with Crippen LogP contribution in [-0.4, -0.2) is 3.82 Å². The van der Waals surface area contributed by atoms with Crippen LogP contribution in [0.4, 0.5) is 0 Å². The van der Waals surface area contributed by atoms with Crippen LogP contribution in [0.25, 0.3) is 0 Å². The normalized spacial score (nSPS) is 13.8. The van der Waals surface area contributed by atoms with Crippen molar-refractivity contribution >= 4 is 38.4 Å². The summed E-state index contributed by atoms with van der Waals surface area (Å²) in [4.78, 5) is 39.7. The Morgan fingerprint density at radius 3 is 1.08 bits per heavy atom. The molecule has 0 heterocycles. The summed E-state index contributed by atoms with van der Waals surface area (Å²) in [5.74, 6) is 0. The maximum Gasteiger partial charge on any atom is 4.00 e. The molecule has 0 bridgehead atoms. The van der Waals surface area contributed by atoms with Crippen molar-refractivity contribution in [3.05, 3.63) is 0 Å². The Morgan fingerprint density at radius 2 is 1.08 bits per heavy atom. The van der Waals surface area contributed by atoms with E-state index in [4.69, 9.17) is 0 Å².